The lowest BCUT2D eigenvalue weighted by molar-refractivity contribution is -0.442. The van der Waals surface area contributed by atoms with Crippen LogP contribution in [0.2, 0.25) is 0 Å². The third kappa shape index (κ3) is 33.4. The van der Waals surface area contributed by atoms with Crippen LogP contribution in [-0.4, -0.2) is 174 Å². The molecule has 16 nitrogen and oxygen atoms in total. The SMILES string of the molecule is CC.CC.CC.CC.CC.CC.CC.CC.CN1C=[N+](C)C=C2[CH-]C=CC=C21.CN1C=[N+](C)[N-]c2ccccc21.C[N+]1=COC2=CC=C[CH-]C2=C1.C[N+]1=COc2ccccc2[N-]1.C[N+]1=CP(C)C2=CC=C[CH-]C2=C1.C[N+]1=CP(C)c2ccccc2[N-]1.C[N+]1=CSC2=CC=C[CH-]C2=C1.C[N+]1=CSc2ccccc2[N-]1. The third-order valence-electron chi connectivity index (χ3n) is 13.9. The zero-order chi connectivity index (χ0) is 80.9. The van der Waals surface area contributed by atoms with Gasteiger partial charge >= 0.3 is 12.8 Å². The molecule has 0 bridgehead atoms. The number of fused-ring (bicyclic) bond motifs is 8. The predicted molar refractivity (Wildman–Crippen MR) is 482 cm³/mol. The zero-order valence-corrected chi connectivity index (χ0v) is 73.6. The minimum atomic E-state index is -0.140. The highest BCUT2D eigenvalue weighted by Gasteiger charge is 2.17. The average molecular weight is 1540 g/mol. The molecule has 8 aliphatic heterocycles. The van der Waals surface area contributed by atoms with Crippen molar-refractivity contribution in [3.05, 3.63) is 286 Å². The lowest BCUT2D eigenvalue weighted by Gasteiger charge is -2.29. The summed E-state index contributed by atoms with van der Waals surface area (Å²) >= 11 is 3.47. The number of anilines is 1. The Hall–Kier alpha value is -9.44. The molecule has 0 radical (unpaired) electrons. The van der Waals surface area contributed by atoms with Crippen LogP contribution in [-0.2, 0) is 4.74 Å². The molecule has 20 heteroatoms. The summed E-state index contributed by atoms with van der Waals surface area (Å²) in [4.78, 5) is 6.74. The van der Waals surface area contributed by atoms with E-state index in [-0.39, 0.29) is 15.8 Å². The van der Waals surface area contributed by atoms with E-state index in [2.05, 4.69) is 219 Å². The first-order valence-corrected chi connectivity index (χ1v) is 43.1. The Kier molecular flexibility index (Phi) is 50.8. The van der Waals surface area contributed by atoms with E-state index >= 15 is 0 Å². The minimum absolute atomic E-state index is 0.0772. The van der Waals surface area contributed by atoms with E-state index in [0.29, 0.717) is 0 Å². The molecule has 4 aliphatic carbocycles. The molecule has 8 heterocycles. The van der Waals surface area contributed by atoms with E-state index in [0.717, 1.165) is 45.5 Å². The number of benzene rings is 4. The predicted octanol–water partition coefficient (Wildman–Crippen LogP) is 22.7. The van der Waals surface area contributed by atoms with Crippen molar-refractivity contribution in [3.63, 3.8) is 0 Å². The second kappa shape index (κ2) is 56.8. The van der Waals surface area contributed by atoms with Gasteiger partial charge < -0.3 is 35.9 Å². The maximum atomic E-state index is 5.31. The zero-order valence-electron chi connectivity index (χ0n) is 70.2. The maximum absolute atomic E-state index is 5.31. The number of para-hydroxylation sites is 2. The molecule has 0 spiro atoms. The summed E-state index contributed by atoms with van der Waals surface area (Å²) < 4.78 is 25.9. The molecule has 2 atom stereocenters. The molecule has 584 valence electrons. The van der Waals surface area contributed by atoms with Crippen molar-refractivity contribution in [2.45, 2.75) is 116 Å². The van der Waals surface area contributed by atoms with Gasteiger partial charge in [-0.25, -0.2) is 23.3 Å². The van der Waals surface area contributed by atoms with Gasteiger partial charge in [0.15, 0.2) is 23.0 Å². The van der Waals surface area contributed by atoms with Crippen LogP contribution in [0.25, 0.3) is 21.7 Å². The Morgan fingerprint density at radius 1 is 0.389 bits per heavy atom. The van der Waals surface area contributed by atoms with Crippen molar-refractivity contribution < 1.29 is 46.5 Å². The van der Waals surface area contributed by atoms with Crippen LogP contribution in [0.4, 0.5) is 28.4 Å². The first-order chi connectivity index (χ1) is 52.5. The Morgan fingerprint density at radius 3 is 1.58 bits per heavy atom. The van der Waals surface area contributed by atoms with Crippen molar-refractivity contribution in [1.29, 1.82) is 0 Å². The summed E-state index contributed by atoms with van der Waals surface area (Å²) in [7, 11) is 19.6. The molecule has 0 N–H and O–H groups in total. The van der Waals surface area contributed by atoms with Crippen molar-refractivity contribution in [2.75, 3.05) is 88.7 Å². The highest BCUT2D eigenvalue weighted by atomic mass is 32.2. The molecule has 2 unspecified atom stereocenters. The number of allylic oxidation sites excluding steroid dienone is 17. The van der Waals surface area contributed by atoms with Gasteiger partial charge in [0.1, 0.15) is 59.9 Å². The number of hydrogen-bond acceptors (Lipinski definition) is 6. The molecular formula is C88H128N14O2P2S2. The second-order valence-electron chi connectivity index (χ2n) is 21.8. The van der Waals surface area contributed by atoms with Crippen LogP contribution in [0.15, 0.2) is 244 Å². The standard InChI is InChI=1S/C10H12N2.C10H12NP.C9H11N3.C9H11N2P.C9H9NO.C9H9NS.C8H8N2O.C8H8N2S.8C2H6/c2*1-11-7-9-5-3-4-6-10(9)12(2)8-11;1-11-7-12(2)10-8-5-3-4-6-9(8)11;1-11-7-12(2)9-6-4-3-5-8(9)10-11;2*1-10-6-8-4-2-3-5-9(8)11-7-10;2*1-10-6-11-8-5-3-2-4-7(8)9-10;8*1-2/h2*3-8H,1-2H3;2*3-7H,1-2H3;2*2-7H,1H3;2*2-6H,1H3;8*1-2H3. The van der Waals surface area contributed by atoms with Crippen LogP contribution < -0.4 is 14.9 Å². The van der Waals surface area contributed by atoms with Gasteiger partial charge in [-0.15, -0.1) is 92.5 Å². The summed E-state index contributed by atoms with van der Waals surface area (Å²) in [5.41, 5.74) is 32.9. The number of likely N-dealkylation sites (N-methyl/N-ethyl adjacent to an activating group) is 1. The van der Waals surface area contributed by atoms with E-state index in [9.17, 15) is 0 Å². The molecular weight excluding hydrogens is 1410 g/mol. The van der Waals surface area contributed by atoms with Crippen molar-refractivity contribution in [3.8, 4) is 5.75 Å². The normalized spacial score (nSPS) is 16.8. The van der Waals surface area contributed by atoms with E-state index in [1.54, 1.807) is 41.0 Å². The average Bonchev–Trinajstić information content (AvgIpc) is 0.844. The third-order valence-corrected chi connectivity index (χ3v) is 19.7. The first-order valence-electron chi connectivity index (χ1n) is 37.6. The molecule has 4 aromatic carbocycles. The molecule has 16 rings (SSSR count). The molecule has 0 fully saturated rings. The number of rotatable bonds is 0. The van der Waals surface area contributed by atoms with E-state index in [4.69, 9.17) is 9.47 Å². The van der Waals surface area contributed by atoms with Gasteiger partial charge in [-0.1, -0.05) is 251 Å². The fourth-order valence-corrected chi connectivity index (χ4v) is 14.4. The second-order valence-corrected chi connectivity index (χ2v) is 27.4. The fraction of sp³-hybridized carbons (Fsp3) is 0.318. The Bertz CT molecular complexity index is 3820. The van der Waals surface area contributed by atoms with Gasteiger partial charge in [0, 0.05) is 24.7 Å². The molecule has 12 aliphatic rings. The Balaban J connectivity index is 0.000000600. The molecule has 0 aromatic heterocycles. The van der Waals surface area contributed by atoms with E-state index in [1.807, 2.05) is 295 Å². The van der Waals surface area contributed by atoms with Crippen LogP contribution in [0.5, 0.6) is 5.75 Å². The molecule has 4 aromatic rings. The van der Waals surface area contributed by atoms with E-state index in [1.165, 1.54) is 42.8 Å². The monoisotopic (exact) mass is 1540 g/mol. The van der Waals surface area contributed by atoms with Crippen molar-refractivity contribution >= 4 is 122 Å². The van der Waals surface area contributed by atoms with E-state index < -0.39 is 0 Å². The Morgan fingerprint density at radius 2 is 0.898 bits per heavy atom. The van der Waals surface area contributed by atoms with Gasteiger partial charge in [-0.05, 0) is 67.8 Å². The van der Waals surface area contributed by atoms with Gasteiger partial charge in [0.2, 0.25) is 12.7 Å². The number of nitrogens with zero attached hydrogens (tertiary/aromatic N) is 14. The summed E-state index contributed by atoms with van der Waals surface area (Å²) in [6.45, 7) is 36.5. The lowest BCUT2D eigenvalue weighted by atomic mass is 10.0. The molecule has 0 saturated heterocycles. The highest BCUT2D eigenvalue weighted by molar-refractivity contribution is 8.15. The summed E-state index contributed by atoms with van der Waals surface area (Å²) in [6, 6.07) is 32.2. The summed E-state index contributed by atoms with van der Waals surface area (Å²) in [6.07, 6.45) is 49.0. The van der Waals surface area contributed by atoms with Crippen LogP contribution in [0.1, 0.15) is 111 Å². The molecule has 0 amide bonds. The maximum Gasteiger partial charge on any atom is 0.324 e. The fourth-order valence-electron chi connectivity index (χ4n) is 9.82. The lowest BCUT2D eigenvalue weighted by Crippen LogP contribution is -2.27. The van der Waals surface area contributed by atoms with Crippen LogP contribution in [0.3, 0.4) is 0 Å². The van der Waals surface area contributed by atoms with Crippen molar-refractivity contribution in [2.24, 2.45) is 0 Å². The summed E-state index contributed by atoms with van der Waals surface area (Å²) in [5, 5.41) is 2.87. The first kappa shape index (κ1) is 96.6. The minimum Gasteiger partial charge on any atom is -0.496 e. The summed E-state index contributed by atoms with van der Waals surface area (Å²) in [5.74, 6) is 6.20. The smallest absolute Gasteiger partial charge is 0.324 e. The van der Waals surface area contributed by atoms with Crippen LogP contribution in [0, 0.1) is 25.7 Å². The van der Waals surface area contributed by atoms with Crippen molar-refractivity contribution in [1.82, 2.24) is 4.90 Å². The molecule has 108 heavy (non-hydrogen) atoms. The quantitative estimate of drug-likeness (QED) is 0.0987. The topological polar surface area (TPSA) is 105 Å². The Labute approximate surface area is 665 Å². The number of thioether (sulfide) groups is 2. The largest absolute Gasteiger partial charge is 0.496 e. The van der Waals surface area contributed by atoms with Gasteiger partial charge in [0.25, 0.3) is 0 Å². The molecule has 0 saturated carbocycles. The highest BCUT2D eigenvalue weighted by Crippen LogP contribution is 2.46. The van der Waals surface area contributed by atoms with Gasteiger partial charge in [-0.3, -0.25) is 18.8 Å². The van der Waals surface area contributed by atoms with Gasteiger partial charge in [0.05, 0.1) is 46.3 Å². The van der Waals surface area contributed by atoms with Gasteiger partial charge in [-0.2, -0.15) is 0 Å². The number of hydrogen-bond donors (Lipinski definition) is 0. The van der Waals surface area contributed by atoms with Crippen LogP contribution >= 0.6 is 39.4 Å². The number of ether oxygens (including phenoxy) is 2.